The molecule has 7 heteroatoms. The van der Waals surface area contributed by atoms with Crippen LogP contribution in [-0.2, 0) is 5.88 Å². The summed E-state index contributed by atoms with van der Waals surface area (Å²) < 4.78 is 10.5. The second-order valence-electron chi connectivity index (χ2n) is 4.29. The summed E-state index contributed by atoms with van der Waals surface area (Å²) in [6, 6.07) is 6.20. The largest absolute Gasteiger partial charge is 0.496 e. The molecule has 1 aromatic heterocycles. The van der Waals surface area contributed by atoms with Crippen LogP contribution in [0.15, 0.2) is 30.5 Å². The van der Waals surface area contributed by atoms with Gasteiger partial charge in [-0.3, -0.25) is 10.1 Å². The van der Waals surface area contributed by atoms with Crippen LogP contribution in [0.5, 0.6) is 17.4 Å². The van der Waals surface area contributed by atoms with Gasteiger partial charge in [-0.1, -0.05) is 0 Å². The number of rotatable bonds is 5. The zero-order chi connectivity index (χ0) is 15.4. The number of pyridine rings is 1. The molecule has 2 aromatic rings. The summed E-state index contributed by atoms with van der Waals surface area (Å²) in [6.45, 7) is 1.80. The molecule has 2 rings (SSSR count). The van der Waals surface area contributed by atoms with Crippen LogP contribution in [0.4, 0.5) is 5.69 Å². The molecule has 0 aliphatic heterocycles. The summed E-state index contributed by atoms with van der Waals surface area (Å²) in [5.74, 6) is 1.14. The normalized spacial score (nSPS) is 10.2. The Balaban J connectivity index is 2.37. The van der Waals surface area contributed by atoms with Gasteiger partial charge >= 0.3 is 5.69 Å². The van der Waals surface area contributed by atoms with E-state index >= 15 is 0 Å². The highest BCUT2D eigenvalue weighted by molar-refractivity contribution is 6.17. The molecular formula is C14H13ClN2O4. The Labute approximate surface area is 126 Å². The van der Waals surface area contributed by atoms with Crippen LogP contribution < -0.4 is 9.47 Å². The molecule has 1 heterocycles. The zero-order valence-corrected chi connectivity index (χ0v) is 12.3. The van der Waals surface area contributed by atoms with Gasteiger partial charge < -0.3 is 9.47 Å². The van der Waals surface area contributed by atoms with Crippen LogP contribution >= 0.6 is 11.6 Å². The molecule has 0 saturated carbocycles. The Morgan fingerprint density at radius 3 is 2.71 bits per heavy atom. The molecule has 21 heavy (non-hydrogen) atoms. The standard InChI is InChI=1S/C14H13ClN2O4/c1-9-5-10(7-15)8-16-14(9)21-13-4-3-11(20-2)6-12(13)17(18)19/h3-6,8H,7H2,1-2H3. The van der Waals surface area contributed by atoms with Crippen LogP contribution in [-0.4, -0.2) is 17.0 Å². The highest BCUT2D eigenvalue weighted by Crippen LogP contribution is 2.34. The van der Waals surface area contributed by atoms with Gasteiger partial charge in [-0.05, 0) is 30.7 Å². The minimum absolute atomic E-state index is 0.107. The highest BCUT2D eigenvalue weighted by Gasteiger charge is 2.18. The summed E-state index contributed by atoms with van der Waals surface area (Å²) in [4.78, 5) is 14.7. The van der Waals surface area contributed by atoms with Crippen LogP contribution in [0.2, 0.25) is 0 Å². The van der Waals surface area contributed by atoms with Crippen molar-refractivity contribution in [2.24, 2.45) is 0 Å². The SMILES string of the molecule is COc1ccc(Oc2ncc(CCl)cc2C)c([N+](=O)[O-])c1. The van der Waals surface area contributed by atoms with E-state index in [2.05, 4.69) is 4.98 Å². The Morgan fingerprint density at radius 2 is 2.14 bits per heavy atom. The second-order valence-corrected chi connectivity index (χ2v) is 4.56. The van der Waals surface area contributed by atoms with Crippen molar-refractivity contribution in [1.82, 2.24) is 4.98 Å². The number of hydrogen-bond donors (Lipinski definition) is 0. The number of benzene rings is 1. The molecule has 110 valence electrons. The van der Waals surface area contributed by atoms with Crippen molar-refractivity contribution in [2.75, 3.05) is 7.11 Å². The van der Waals surface area contributed by atoms with Crippen molar-refractivity contribution in [3.05, 3.63) is 51.7 Å². The molecule has 1 aromatic carbocycles. The molecule has 0 fully saturated rings. The number of nitro groups is 1. The molecule has 0 unspecified atom stereocenters. The first-order chi connectivity index (χ1) is 10.0. The van der Waals surface area contributed by atoms with Gasteiger partial charge in [-0.2, -0.15) is 0 Å². The summed E-state index contributed by atoms with van der Waals surface area (Å²) in [5.41, 5.74) is 1.42. The first kappa shape index (κ1) is 15.1. The number of nitro benzene ring substituents is 1. The Hall–Kier alpha value is -2.34. The molecule has 0 N–H and O–H groups in total. The molecule has 0 spiro atoms. The third-order valence-electron chi connectivity index (χ3n) is 2.81. The van der Waals surface area contributed by atoms with Crippen molar-refractivity contribution >= 4 is 17.3 Å². The third-order valence-corrected chi connectivity index (χ3v) is 3.12. The predicted molar refractivity (Wildman–Crippen MR) is 78.3 cm³/mol. The van der Waals surface area contributed by atoms with E-state index in [-0.39, 0.29) is 11.4 Å². The maximum absolute atomic E-state index is 11.1. The molecule has 0 radical (unpaired) electrons. The number of nitrogens with zero attached hydrogens (tertiary/aromatic N) is 2. The average molecular weight is 309 g/mol. The Bertz CT molecular complexity index is 676. The Kier molecular flexibility index (Phi) is 4.59. The van der Waals surface area contributed by atoms with Gasteiger partial charge in [0, 0.05) is 17.6 Å². The lowest BCUT2D eigenvalue weighted by Crippen LogP contribution is -1.97. The minimum Gasteiger partial charge on any atom is -0.496 e. The number of aromatic nitrogens is 1. The van der Waals surface area contributed by atoms with Gasteiger partial charge in [0.15, 0.2) is 0 Å². The first-order valence-corrected chi connectivity index (χ1v) is 6.60. The zero-order valence-electron chi connectivity index (χ0n) is 11.5. The molecule has 0 aliphatic rings. The minimum atomic E-state index is -0.527. The molecule has 0 atom stereocenters. The number of halogens is 1. The summed E-state index contributed by atoms with van der Waals surface area (Å²) in [5, 5.41) is 11.1. The van der Waals surface area contributed by atoms with E-state index in [4.69, 9.17) is 21.1 Å². The van der Waals surface area contributed by atoms with E-state index in [1.54, 1.807) is 19.2 Å². The van der Waals surface area contributed by atoms with Crippen LogP contribution in [0.1, 0.15) is 11.1 Å². The first-order valence-electron chi connectivity index (χ1n) is 6.07. The van der Waals surface area contributed by atoms with E-state index in [1.165, 1.54) is 19.2 Å². The van der Waals surface area contributed by atoms with Crippen molar-refractivity contribution in [2.45, 2.75) is 12.8 Å². The Morgan fingerprint density at radius 1 is 1.38 bits per heavy atom. The molecule has 0 amide bonds. The van der Waals surface area contributed by atoms with E-state index in [1.807, 2.05) is 6.07 Å². The number of ether oxygens (including phenoxy) is 2. The lowest BCUT2D eigenvalue weighted by Gasteiger charge is -2.09. The number of methoxy groups -OCH3 is 1. The summed E-state index contributed by atoms with van der Waals surface area (Å²) in [6.07, 6.45) is 1.57. The molecular weight excluding hydrogens is 296 g/mol. The predicted octanol–water partition coefficient (Wildman–Crippen LogP) is 3.84. The summed E-state index contributed by atoms with van der Waals surface area (Å²) >= 11 is 5.73. The summed E-state index contributed by atoms with van der Waals surface area (Å²) in [7, 11) is 1.44. The van der Waals surface area contributed by atoms with Crippen molar-refractivity contribution in [3.8, 4) is 17.4 Å². The van der Waals surface area contributed by atoms with Crippen molar-refractivity contribution < 1.29 is 14.4 Å². The van der Waals surface area contributed by atoms with E-state index in [0.717, 1.165) is 11.1 Å². The number of alkyl halides is 1. The van der Waals surface area contributed by atoms with Gasteiger partial charge in [-0.15, -0.1) is 11.6 Å². The smallest absolute Gasteiger partial charge is 0.315 e. The quantitative estimate of drug-likeness (QED) is 0.476. The van der Waals surface area contributed by atoms with Gasteiger partial charge in [0.2, 0.25) is 11.6 Å². The number of aryl methyl sites for hydroxylation is 1. The average Bonchev–Trinajstić information content (AvgIpc) is 2.49. The second kappa shape index (κ2) is 6.41. The van der Waals surface area contributed by atoms with Gasteiger partial charge in [0.25, 0.3) is 0 Å². The van der Waals surface area contributed by atoms with E-state index in [9.17, 15) is 10.1 Å². The fourth-order valence-corrected chi connectivity index (χ4v) is 1.90. The molecule has 0 saturated heterocycles. The lowest BCUT2D eigenvalue weighted by atomic mass is 10.2. The molecule has 0 aliphatic carbocycles. The maximum Gasteiger partial charge on any atom is 0.315 e. The lowest BCUT2D eigenvalue weighted by molar-refractivity contribution is -0.385. The molecule has 6 nitrogen and oxygen atoms in total. The van der Waals surface area contributed by atoms with Crippen LogP contribution in [0.3, 0.4) is 0 Å². The van der Waals surface area contributed by atoms with Gasteiger partial charge in [0.1, 0.15) is 5.75 Å². The van der Waals surface area contributed by atoms with Crippen molar-refractivity contribution in [3.63, 3.8) is 0 Å². The van der Waals surface area contributed by atoms with E-state index < -0.39 is 4.92 Å². The maximum atomic E-state index is 11.1. The van der Waals surface area contributed by atoms with Gasteiger partial charge in [0.05, 0.1) is 18.1 Å². The topological polar surface area (TPSA) is 74.5 Å². The third kappa shape index (κ3) is 3.41. The monoisotopic (exact) mass is 308 g/mol. The fraction of sp³-hybridized carbons (Fsp3) is 0.214. The van der Waals surface area contributed by atoms with Crippen LogP contribution in [0, 0.1) is 17.0 Å². The number of hydrogen-bond acceptors (Lipinski definition) is 5. The van der Waals surface area contributed by atoms with E-state index in [0.29, 0.717) is 17.5 Å². The van der Waals surface area contributed by atoms with Gasteiger partial charge in [-0.25, -0.2) is 4.98 Å². The molecule has 0 bridgehead atoms. The van der Waals surface area contributed by atoms with Crippen molar-refractivity contribution in [1.29, 1.82) is 0 Å². The van der Waals surface area contributed by atoms with Crippen LogP contribution in [0.25, 0.3) is 0 Å². The highest BCUT2D eigenvalue weighted by atomic mass is 35.5. The fourth-order valence-electron chi connectivity index (χ4n) is 1.76.